The topological polar surface area (TPSA) is 151 Å². The average Bonchev–Trinajstić information content (AvgIpc) is 2.94. The number of hydrogen-bond donors (Lipinski definition) is 4. The van der Waals surface area contributed by atoms with Crippen LogP contribution in [0.25, 0.3) is 0 Å². The minimum atomic E-state index is -1.83. The molecule has 0 aromatic heterocycles. The molecule has 2 aromatic rings. The van der Waals surface area contributed by atoms with Crippen molar-refractivity contribution in [3.63, 3.8) is 0 Å². The summed E-state index contributed by atoms with van der Waals surface area (Å²) in [6.45, 7) is 5.89. The van der Waals surface area contributed by atoms with Gasteiger partial charge >= 0.3 is 12.0 Å². The Hall–Kier alpha value is -3.76. The standard InChI is InChI=1S/C30H40N4O6/c1-21(2)20-30(31,28(38)33-25(27(36)37)19-23-7-4-3-5-8-23)26(35)10-6-9-22-11-13-24(14-12-22)32-29(39)34-15-17-40-18-16-34/h3-5,7-8,11-14,21,25H,6,9-10,15-20,31H2,1-2H3,(H,32,39)(H,33,38)(H,36,37)/t25-,30+/m0/s1. The number of rotatable bonds is 13. The van der Waals surface area contributed by atoms with Gasteiger partial charge in [0.2, 0.25) is 5.91 Å². The summed E-state index contributed by atoms with van der Waals surface area (Å²) < 4.78 is 5.27. The van der Waals surface area contributed by atoms with Crippen LogP contribution < -0.4 is 16.4 Å². The summed E-state index contributed by atoms with van der Waals surface area (Å²) in [6.07, 6.45) is 1.30. The van der Waals surface area contributed by atoms with E-state index in [1.165, 1.54) is 0 Å². The zero-order valence-electron chi connectivity index (χ0n) is 23.2. The second kappa shape index (κ2) is 14.6. The van der Waals surface area contributed by atoms with Gasteiger partial charge in [0.1, 0.15) is 6.04 Å². The third kappa shape index (κ3) is 8.89. The van der Waals surface area contributed by atoms with Gasteiger partial charge in [0, 0.05) is 31.6 Å². The lowest BCUT2D eigenvalue weighted by Gasteiger charge is -2.30. The molecule has 1 aliphatic heterocycles. The summed E-state index contributed by atoms with van der Waals surface area (Å²) in [5.41, 5.74) is 7.00. The van der Waals surface area contributed by atoms with E-state index in [1.807, 2.05) is 44.2 Å². The summed E-state index contributed by atoms with van der Waals surface area (Å²) >= 11 is 0. The van der Waals surface area contributed by atoms with Gasteiger partial charge in [0.15, 0.2) is 11.3 Å². The maximum atomic E-state index is 13.3. The predicted octanol–water partition coefficient (Wildman–Crippen LogP) is 3.00. The fourth-order valence-corrected chi connectivity index (χ4v) is 4.71. The van der Waals surface area contributed by atoms with Crippen LogP contribution in [0.1, 0.15) is 44.2 Å². The molecule has 3 rings (SSSR count). The Balaban J connectivity index is 1.56. The number of carboxylic acid groups (broad SMARTS) is 1. The highest BCUT2D eigenvalue weighted by Crippen LogP contribution is 2.21. The number of benzene rings is 2. The number of carboxylic acids is 1. The summed E-state index contributed by atoms with van der Waals surface area (Å²) in [5, 5.41) is 15.1. The van der Waals surface area contributed by atoms with E-state index >= 15 is 0 Å². The van der Waals surface area contributed by atoms with Crippen LogP contribution >= 0.6 is 0 Å². The maximum absolute atomic E-state index is 13.3. The second-order valence-electron chi connectivity index (χ2n) is 10.6. The van der Waals surface area contributed by atoms with Gasteiger partial charge in [-0.1, -0.05) is 56.3 Å². The summed E-state index contributed by atoms with van der Waals surface area (Å²) in [7, 11) is 0. The first kappa shape index (κ1) is 30.8. The Bertz CT molecular complexity index is 1150. The molecule has 0 bridgehead atoms. The number of carbonyl (C=O) groups excluding carboxylic acids is 3. The van der Waals surface area contributed by atoms with E-state index in [1.54, 1.807) is 29.2 Å². The third-order valence-corrected chi connectivity index (χ3v) is 6.89. The summed E-state index contributed by atoms with van der Waals surface area (Å²) in [5.74, 6) is -2.44. The minimum Gasteiger partial charge on any atom is -0.480 e. The van der Waals surface area contributed by atoms with Gasteiger partial charge < -0.3 is 31.1 Å². The first-order chi connectivity index (χ1) is 19.1. The maximum Gasteiger partial charge on any atom is 0.326 e. The molecule has 1 heterocycles. The van der Waals surface area contributed by atoms with Crippen molar-refractivity contribution in [2.45, 2.75) is 57.5 Å². The fourth-order valence-electron chi connectivity index (χ4n) is 4.71. The van der Waals surface area contributed by atoms with Gasteiger partial charge in [-0.15, -0.1) is 0 Å². The summed E-state index contributed by atoms with van der Waals surface area (Å²) in [4.78, 5) is 52.5. The molecule has 0 radical (unpaired) electrons. The monoisotopic (exact) mass is 552 g/mol. The van der Waals surface area contributed by atoms with Crippen LogP contribution in [0.5, 0.6) is 0 Å². The zero-order valence-corrected chi connectivity index (χ0v) is 23.2. The molecule has 0 unspecified atom stereocenters. The van der Waals surface area contributed by atoms with Gasteiger partial charge in [-0.2, -0.15) is 0 Å². The largest absolute Gasteiger partial charge is 0.480 e. The lowest BCUT2D eigenvalue weighted by Crippen LogP contribution is -2.62. The number of morpholine rings is 1. The number of ketones is 1. The van der Waals surface area contributed by atoms with Crippen molar-refractivity contribution in [2.75, 3.05) is 31.6 Å². The highest BCUT2D eigenvalue weighted by Gasteiger charge is 2.43. The van der Waals surface area contributed by atoms with Crippen molar-refractivity contribution in [3.05, 3.63) is 65.7 Å². The zero-order chi connectivity index (χ0) is 29.1. The van der Waals surface area contributed by atoms with Crippen molar-refractivity contribution < 1.29 is 29.0 Å². The molecule has 1 saturated heterocycles. The number of nitrogens with one attached hydrogen (secondary N) is 2. The molecule has 1 fully saturated rings. The Morgan fingerprint density at radius 3 is 2.25 bits per heavy atom. The first-order valence-corrected chi connectivity index (χ1v) is 13.7. The normalized spacial score (nSPS) is 15.7. The van der Waals surface area contributed by atoms with Gasteiger partial charge in [0.05, 0.1) is 13.2 Å². The number of amides is 3. The van der Waals surface area contributed by atoms with Crippen LogP contribution in [0.2, 0.25) is 0 Å². The first-order valence-electron chi connectivity index (χ1n) is 13.7. The number of anilines is 1. The van der Waals surface area contributed by atoms with E-state index in [-0.39, 0.29) is 31.2 Å². The molecule has 2 atom stereocenters. The molecule has 10 heteroatoms. The van der Waals surface area contributed by atoms with Crippen molar-refractivity contribution >= 4 is 29.4 Å². The predicted molar refractivity (Wildman–Crippen MR) is 152 cm³/mol. The molecule has 5 N–H and O–H groups in total. The number of hydrogen-bond acceptors (Lipinski definition) is 6. The second-order valence-corrected chi connectivity index (χ2v) is 10.6. The number of aryl methyl sites for hydroxylation is 1. The Morgan fingerprint density at radius 2 is 1.65 bits per heavy atom. The molecule has 2 aromatic carbocycles. The van der Waals surface area contributed by atoms with E-state index in [4.69, 9.17) is 10.5 Å². The smallest absolute Gasteiger partial charge is 0.326 e. The van der Waals surface area contributed by atoms with Crippen molar-refractivity contribution in [1.29, 1.82) is 0 Å². The number of Topliss-reactive ketones (excluding diaryl/α,β-unsaturated/α-hetero) is 1. The van der Waals surface area contributed by atoms with Gasteiger partial charge in [0.25, 0.3) is 0 Å². The van der Waals surface area contributed by atoms with E-state index in [2.05, 4.69) is 10.6 Å². The molecule has 10 nitrogen and oxygen atoms in total. The number of carbonyl (C=O) groups is 4. The van der Waals surface area contributed by atoms with E-state index < -0.39 is 29.2 Å². The number of ether oxygens (including phenoxy) is 1. The third-order valence-electron chi connectivity index (χ3n) is 6.89. The molecule has 216 valence electrons. The molecule has 1 aliphatic rings. The highest BCUT2D eigenvalue weighted by molar-refractivity contribution is 6.11. The lowest BCUT2D eigenvalue weighted by molar-refractivity contribution is -0.145. The van der Waals surface area contributed by atoms with Crippen molar-refractivity contribution in [2.24, 2.45) is 11.7 Å². The highest BCUT2D eigenvalue weighted by atomic mass is 16.5. The summed E-state index contributed by atoms with van der Waals surface area (Å²) in [6, 6.07) is 15.0. The lowest BCUT2D eigenvalue weighted by atomic mass is 9.82. The van der Waals surface area contributed by atoms with E-state index in [9.17, 15) is 24.3 Å². The van der Waals surface area contributed by atoms with E-state index in [0.717, 1.165) is 11.1 Å². The van der Waals surface area contributed by atoms with Crippen LogP contribution in [0.15, 0.2) is 54.6 Å². The number of nitrogens with zero attached hydrogens (tertiary/aromatic N) is 1. The Kier molecular flexibility index (Phi) is 11.2. The van der Waals surface area contributed by atoms with Gasteiger partial charge in [-0.3, -0.25) is 9.59 Å². The SMILES string of the molecule is CC(C)C[C@@](N)(C(=O)CCCc1ccc(NC(=O)N2CCOCC2)cc1)C(=O)N[C@@H](Cc1ccccc1)C(=O)O. The van der Waals surface area contributed by atoms with Gasteiger partial charge in [-0.25, -0.2) is 9.59 Å². The van der Waals surface area contributed by atoms with Crippen molar-refractivity contribution in [3.8, 4) is 0 Å². The molecular formula is C30H40N4O6. The molecule has 3 amide bonds. The molecular weight excluding hydrogens is 512 g/mol. The fraction of sp³-hybridized carbons (Fsp3) is 0.467. The molecule has 0 saturated carbocycles. The Morgan fingerprint density at radius 1 is 1.00 bits per heavy atom. The van der Waals surface area contributed by atoms with Gasteiger partial charge in [-0.05, 0) is 48.4 Å². The number of aliphatic carboxylic acids is 1. The van der Waals surface area contributed by atoms with E-state index in [0.29, 0.717) is 44.8 Å². The molecule has 0 spiro atoms. The van der Waals surface area contributed by atoms with Crippen LogP contribution in [-0.2, 0) is 32.0 Å². The Labute approximate surface area is 235 Å². The molecule has 0 aliphatic carbocycles. The van der Waals surface area contributed by atoms with Crippen LogP contribution in [-0.4, -0.2) is 71.6 Å². The number of urea groups is 1. The average molecular weight is 553 g/mol. The molecule has 40 heavy (non-hydrogen) atoms. The number of nitrogens with two attached hydrogens (primary N) is 1. The minimum absolute atomic E-state index is 0.0580. The van der Waals surface area contributed by atoms with Crippen molar-refractivity contribution in [1.82, 2.24) is 10.2 Å². The van der Waals surface area contributed by atoms with Crippen LogP contribution in [0.4, 0.5) is 10.5 Å². The quantitative estimate of drug-likeness (QED) is 0.279. The van der Waals surface area contributed by atoms with Crippen LogP contribution in [0, 0.1) is 5.92 Å². The van der Waals surface area contributed by atoms with Crippen LogP contribution in [0.3, 0.4) is 0 Å².